The number of aryl methyl sites for hydroxylation is 1. The van der Waals surface area contributed by atoms with Gasteiger partial charge in [0.05, 0.1) is 6.61 Å². The van der Waals surface area contributed by atoms with E-state index in [4.69, 9.17) is 53.1 Å². The molecule has 0 aliphatic carbocycles. The predicted octanol–water partition coefficient (Wildman–Crippen LogP) is -0.765. The number of likely N-dealkylation sites (N-methyl/N-ethyl adjacent to an activating group) is 1. The Hall–Kier alpha value is -4.48. The number of benzene rings is 1. The van der Waals surface area contributed by atoms with Gasteiger partial charge in [0, 0.05) is 13.6 Å². The highest BCUT2D eigenvalue weighted by Crippen LogP contribution is 2.22. The summed E-state index contributed by atoms with van der Waals surface area (Å²) in [6.07, 6.45) is 1.12. The SMILES string of the molecule is CCOC(=O)C(NOC(=O)C(N)(CC)CCCN=C(N)N)(OC(=O)C(N)Cc1ccccc1CC)OC(=O)C(CC)N(C)C(=N)N. The number of carbonyl (C=O) groups is 4. The monoisotopic (exact) mass is 651 g/mol. The Bertz CT molecular complexity index is 1240. The molecule has 0 fully saturated rings. The first kappa shape index (κ1) is 39.5. The van der Waals surface area contributed by atoms with Crippen molar-refractivity contribution in [3.63, 3.8) is 0 Å². The van der Waals surface area contributed by atoms with Gasteiger partial charge in [0.1, 0.15) is 17.6 Å². The van der Waals surface area contributed by atoms with Gasteiger partial charge in [-0.2, -0.15) is 0 Å². The van der Waals surface area contributed by atoms with Crippen molar-refractivity contribution in [2.45, 2.75) is 89.8 Å². The van der Waals surface area contributed by atoms with Crippen molar-refractivity contribution in [1.29, 1.82) is 5.41 Å². The molecule has 0 heterocycles. The number of esters is 3. The minimum Gasteiger partial charge on any atom is -0.459 e. The van der Waals surface area contributed by atoms with Gasteiger partial charge in [-0.05, 0) is 56.6 Å². The average Bonchev–Trinajstić information content (AvgIpc) is 3.01. The zero-order valence-corrected chi connectivity index (χ0v) is 27.2. The maximum atomic E-state index is 13.4. The zero-order valence-electron chi connectivity index (χ0n) is 27.2. The molecule has 0 bridgehead atoms. The third-order valence-corrected chi connectivity index (χ3v) is 7.17. The molecule has 4 atom stereocenters. The lowest BCUT2D eigenvalue weighted by molar-refractivity contribution is -0.280. The Morgan fingerprint density at radius 2 is 1.61 bits per heavy atom. The van der Waals surface area contributed by atoms with E-state index >= 15 is 0 Å². The van der Waals surface area contributed by atoms with Gasteiger partial charge in [-0.15, -0.1) is 0 Å². The standard InChI is InChI=1S/C29H49N9O8/c1-6-18-13-10-11-14-19(18)17-20(30)22(39)44-29(25(42)43-9-4,45-23(40)21(7-2)38(5)27(33)34)37-46-24(41)28(35,8-3)15-12-16-36-26(31)32/h10-11,13-14,20-21,37H,6-9,12,15-17,30,35H2,1-5H3,(H3,33,34)(H4,31,32,36). The van der Waals surface area contributed by atoms with Crippen LogP contribution >= 0.6 is 0 Å². The quantitative estimate of drug-likeness (QED) is 0.0184. The summed E-state index contributed by atoms with van der Waals surface area (Å²) in [5.74, 6) is -8.71. The molecule has 0 saturated carbocycles. The average molecular weight is 652 g/mol. The Kier molecular flexibility index (Phi) is 15.9. The van der Waals surface area contributed by atoms with Crippen LogP contribution in [0.3, 0.4) is 0 Å². The normalized spacial score (nSPS) is 14.8. The maximum Gasteiger partial charge on any atom is 0.452 e. The van der Waals surface area contributed by atoms with Crippen LogP contribution in [0.5, 0.6) is 0 Å². The van der Waals surface area contributed by atoms with Crippen LogP contribution in [0.15, 0.2) is 29.3 Å². The van der Waals surface area contributed by atoms with Gasteiger partial charge >= 0.3 is 29.8 Å². The summed E-state index contributed by atoms with van der Waals surface area (Å²) < 4.78 is 15.9. The Morgan fingerprint density at radius 1 is 1.00 bits per heavy atom. The molecular weight excluding hydrogens is 602 g/mol. The second-order valence-corrected chi connectivity index (χ2v) is 10.4. The van der Waals surface area contributed by atoms with Crippen LogP contribution in [0.1, 0.15) is 64.5 Å². The summed E-state index contributed by atoms with van der Waals surface area (Å²) in [6.45, 7) is 6.50. The van der Waals surface area contributed by atoms with Crippen LogP contribution < -0.4 is 34.1 Å². The smallest absolute Gasteiger partial charge is 0.452 e. The number of rotatable bonds is 19. The Morgan fingerprint density at radius 3 is 2.13 bits per heavy atom. The lowest BCUT2D eigenvalue weighted by Gasteiger charge is -2.34. The number of hydrogen-bond donors (Lipinski definition) is 7. The lowest BCUT2D eigenvalue weighted by Crippen LogP contribution is -2.64. The molecule has 4 unspecified atom stereocenters. The van der Waals surface area contributed by atoms with E-state index in [9.17, 15) is 19.2 Å². The van der Waals surface area contributed by atoms with E-state index in [1.54, 1.807) is 26.0 Å². The van der Waals surface area contributed by atoms with Gasteiger partial charge in [0.2, 0.25) is 0 Å². The summed E-state index contributed by atoms with van der Waals surface area (Å²) in [7, 11) is 1.34. The molecule has 1 rings (SSSR count). The fraction of sp³-hybridized carbons (Fsp3) is 0.586. The van der Waals surface area contributed by atoms with E-state index in [1.807, 2.05) is 24.5 Å². The van der Waals surface area contributed by atoms with Crippen molar-refractivity contribution < 1.29 is 38.2 Å². The van der Waals surface area contributed by atoms with Gasteiger partial charge < -0.3 is 52.6 Å². The van der Waals surface area contributed by atoms with E-state index in [0.29, 0.717) is 6.42 Å². The highest BCUT2D eigenvalue weighted by molar-refractivity contribution is 5.89. The third kappa shape index (κ3) is 11.1. The largest absolute Gasteiger partial charge is 0.459 e. The molecule has 0 aromatic heterocycles. The summed E-state index contributed by atoms with van der Waals surface area (Å²) in [6, 6.07) is 4.68. The number of carbonyl (C=O) groups excluding carboxylic acids is 4. The molecular formula is C29H49N9O8. The van der Waals surface area contributed by atoms with E-state index in [0.717, 1.165) is 16.0 Å². The fourth-order valence-electron chi connectivity index (χ4n) is 4.27. The molecule has 1 aromatic carbocycles. The summed E-state index contributed by atoms with van der Waals surface area (Å²) >= 11 is 0. The molecule has 0 saturated heterocycles. The first-order valence-corrected chi connectivity index (χ1v) is 15.0. The molecule has 0 radical (unpaired) electrons. The summed E-state index contributed by atoms with van der Waals surface area (Å²) in [4.78, 5) is 63.6. The minimum atomic E-state index is -3.17. The molecule has 17 nitrogen and oxygen atoms in total. The maximum absolute atomic E-state index is 13.4. The highest BCUT2D eigenvalue weighted by atomic mass is 16.8. The van der Waals surface area contributed by atoms with Gasteiger partial charge in [0.15, 0.2) is 11.9 Å². The lowest BCUT2D eigenvalue weighted by atomic mass is 9.92. The van der Waals surface area contributed by atoms with Crippen LogP contribution in [0.4, 0.5) is 0 Å². The van der Waals surface area contributed by atoms with E-state index < -0.39 is 53.4 Å². The number of nitrogens with zero attached hydrogens (tertiary/aromatic N) is 2. The van der Waals surface area contributed by atoms with E-state index in [-0.39, 0.29) is 51.2 Å². The number of nitrogens with two attached hydrogens (primary N) is 5. The van der Waals surface area contributed by atoms with Crippen LogP contribution in [0.2, 0.25) is 0 Å². The number of nitrogens with one attached hydrogen (secondary N) is 2. The van der Waals surface area contributed by atoms with E-state index in [1.165, 1.54) is 14.0 Å². The predicted molar refractivity (Wildman–Crippen MR) is 169 cm³/mol. The van der Waals surface area contributed by atoms with Crippen molar-refractivity contribution >= 4 is 35.8 Å². The molecule has 1 aromatic rings. The van der Waals surface area contributed by atoms with Gasteiger partial charge in [-0.1, -0.05) is 50.5 Å². The van der Waals surface area contributed by atoms with Gasteiger partial charge in [-0.3, -0.25) is 15.2 Å². The van der Waals surface area contributed by atoms with Crippen LogP contribution in [-0.4, -0.2) is 84.4 Å². The minimum absolute atomic E-state index is 0.00229. The van der Waals surface area contributed by atoms with Crippen LogP contribution in [0.25, 0.3) is 0 Å². The van der Waals surface area contributed by atoms with Crippen molar-refractivity contribution in [2.75, 3.05) is 20.2 Å². The molecule has 46 heavy (non-hydrogen) atoms. The van der Waals surface area contributed by atoms with Crippen molar-refractivity contribution in [2.24, 2.45) is 33.7 Å². The molecule has 0 amide bonds. The van der Waals surface area contributed by atoms with E-state index in [2.05, 4.69) is 4.99 Å². The number of hydrogen-bond acceptors (Lipinski definition) is 13. The number of ether oxygens (including phenoxy) is 3. The summed E-state index contributed by atoms with van der Waals surface area (Å²) in [5.41, 5.74) is 30.8. The topological polar surface area (TPSA) is 287 Å². The summed E-state index contributed by atoms with van der Waals surface area (Å²) in [5, 5.41) is 7.72. The zero-order chi connectivity index (χ0) is 35.1. The molecule has 0 aliphatic heterocycles. The van der Waals surface area contributed by atoms with Gasteiger partial charge in [0.25, 0.3) is 0 Å². The second kappa shape index (κ2) is 18.5. The first-order valence-electron chi connectivity index (χ1n) is 15.0. The molecule has 258 valence electrons. The molecule has 0 aliphatic rings. The Balaban J connectivity index is 3.51. The van der Waals surface area contributed by atoms with Crippen molar-refractivity contribution in [3.8, 4) is 0 Å². The van der Waals surface area contributed by atoms with Crippen molar-refractivity contribution in [1.82, 2.24) is 10.4 Å². The number of hydroxylamine groups is 1. The number of guanidine groups is 2. The first-order chi connectivity index (χ1) is 21.6. The Labute approximate surface area is 268 Å². The highest BCUT2D eigenvalue weighted by Gasteiger charge is 2.53. The molecule has 12 N–H and O–H groups in total. The van der Waals surface area contributed by atoms with Gasteiger partial charge in [-0.25, -0.2) is 14.4 Å². The van der Waals surface area contributed by atoms with Crippen molar-refractivity contribution in [3.05, 3.63) is 35.4 Å². The molecule has 0 spiro atoms. The second-order valence-electron chi connectivity index (χ2n) is 10.4. The molecule has 17 heteroatoms. The fourth-order valence-corrected chi connectivity index (χ4v) is 4.27. The number of aliphatic imine (C=N–C) groups is 1. The van der Waals surface area contributed by atoms with Crippen LogP contribution in [-0.2, 0) is 51.1 Å². The van der Waals surface area contributed by atoms with Crippen LogP contribution in [0, 0.1) is 5.41 Å². The third-order valence-electron chi connectivity index (χ3n) is 7.17.